The molecule has 0 aromatic heterocycles. The molecule has 4 nitrogen and oxygen atoms in total. The van der Waals surface area contributed by atoms with Crippen molar-refractivity contribution >= 4 is 5.91 Å². The normalized spacial score (nSPS) is 18.5. The minimum atomic E-state index is -0.603. The first-order chi connectivity index (χ1) is 9.08. The Morgan fingerprint density at radius 2 is 1.95 bits per heavy atom. The fourth-order valence-corrected chi connectivity index (χ4v) is 2.46. The number of hydrogen-bond donors (Lipinski definition) is 2. The van der Waals surface area contributed by atoms with Crippen molar-refractivity contribution in [3.63, 3.8) is 0 Å². The van der Waals surface area contributed by atoms with E-state index in [1.165, 1.54) is 32.1 Å². The third-order valence-electron chi connectivity index (χ3n) is 3.50. The third kappa shape index (κ3) is 8.22. The van der Waals surface area contributed by atoms with Gasteiger partial charge in [-0.3, -0.25) is 4.79 Å². The van der Waals surface area contributed by atoms with E-state index < -0.39 is 6.10 Å². The van der Waals surface area contributed by atoms with E-state index in [9.17, 15) is 9.90 Å². The third-order valence-corrected chi connectivity index (χ3v) is 3.50. The Bertz CT molecular complexity index is 250. The zero-order chi connectivity index (χ0) is 14.1. The minimum absolute atomic E-state index is 0.0646. The van der Waals surface area contributed by atoms with Crippen molar-refractivity contribution in [2.45, 2.75) is 58.5 Å². The summed E-state index contributed by atoms with van der Waals surface area (Å²) < 4.78 is 5.34. The number of carbonyl (C=O) groups excluding carboxylic acids is 1. The molecule has 112 valence electrons. The molecule has 0 spiro atoms. The molecule has 0 radical (unpaired) electrons. The van der Waals surface area contributed by atoms with Crippen LogP contribution in [0.3, 0.4) is 0 Å². The van der Waals surface area contributed by atoms with Crippen LogP contribution in [0.15, 0.2) is 0 Å². The molecule has 0 aromatic rings. The molecule has 2 N–H and O–H groups in total. The molecule has 0 saturated heterocycles. The maximum Gasteiger partial charge on any atom is 0.220 e. The largest absolute Gasteiger partial charge is 0.389 e. The van der Waals surface area contributed by atoms with Crippen LogP contribution in [-0.4, -0.2) is 36.9 Å². The quantitative estimate of drug-likeness (QED) is 0.711. The highest BCUT2D eigenvalue weighted by Crippen LogP contribution is 2.25. The molecule has 1 unspecified atom stereocenters. The minimum Gasteiger partial charge on any atom is -0.389 e. The molecule has 0 bridgehead atoms. The number of hydrogen-bond acceptors (Lipinski definition) is 3. The molecule has 4 heteroatoms. The summed E-state index contributed by atoms with van der Waals surface area (Å²) in [5, 5.41) is 12.5. The summed E-state index contributed by atoms with van der Waals surface area (Å²) in [5.41, 5.74) is 0. The van der Waals surface area contributed by atoms with Crippen molar-refractivity contribution in [3.05, 3.63) is 0 Å². The average molecular weight is 271 g/mol. The summed E-state index contributed by atoms with van der Waals surface area (Å²) in [6, 6.07) is 0. The van der Waals surface area contributed by atoms with Crippen molar-refractivity contribution < 1.29 is 14.6 Å². The van der Waals surface area contributed by atoms with Gasteiger partial charge < -0.3 is 15.2 Å². The molecule has 0 aromatic carbocycles. The first-order valence-corrected chi connectivity index (χ1v) is 7.60. The van der Waals surface area contributed by atoms with E-state index >= 15 is 0 Å². The Morgan fingerprint density at radius 3 is 2.58 bits per heavy atom. The molecular formula is C15H29NO3. The van der Waals surface area contributed by atoms with Gasteiger partial charge in [-0.1, -0.05) is 33.1 Å². The van der Waals surface area contributed by atoms with Gasteiger partial charge in [0.1, 0.15) is 0 Å². The van der Waals surface area contributed by atoms with Crippen LogP contribution in [0.4, 0.5) is 0 Å². The topological polar surface area (TPSA) is 58.6 Å². The van der Waals surface area contributed by atoms with Gasteiger partial charge in [0.25, 0.3) is 0 Å². The molecule has 1 fully saturated rings. The van der Waals surface area contributed by atoms with E-state index in [-0.39, 0.29) is 5.91 Å². The first kappa shape index (κ1) is 16.4. The van der Waals surface area contributed by atoms with Gasteiger partial charge in [-0.05, 0) is 24.7 Å². The summed E-state index contributed by atoms with van der Waals surface area (Å²) in [4.78, 5) is 11.7. The van der Waals surface area contributed by atoms with Gasteiger partial charge in [-0.2, -0.15) is 0 Å². The zero-order valence-corrected chi connectivity index (χ0v) is 12.4. The molecule has 1 aliphatic rings. The summed E-state index contributed by atoms with van der Waals surface area (Å²) in [5.74, 6) is 1.07. The van der Waals surface area contributed by atoms with Gasteiger partial charge >= 0.3 is 0 Å². The van der Waals surface area contributed by atoms with E-state index in [0.29, 0.717) is 38.0 Å². The lowest BCUT2D eigenvalue weighted by molar-refractivity contribution is -0.122. The van der Waals surface area contributed by atoms with Crippen LogP contribution in [-0.2, 0) is 9.53 Å². The molecule has 19 heavy (non-hydrogen) atoms. The number of carbonyl (C=O) groups is 1. The van der Waals surface area contributed by atoms with Crippen LogP contribution in [0.5, 0.6) is 0 Å². The van der Waals surface area contributed by atoms with E-state index in [2.05, 4.69) is 19.2 Å². The van der Waals surface area contributed by atoms with Crippen LogP contribution in [0.1, 0.15) is 52.4 Å². The molecule has 0 heterocycles. The summed E-state index contributed by atoms with van der Waals surface area (Å²) in [6.45, 7) is 5.37. The van der Waals surface area contributed by atoms with Crippen molar-refractivity contribution in [1.29, 1.82) is 0 Å². The predicted molar refractivity (Wildman–Crippen MR) is 75.9 cm³/mol. The van der Waals surface area contributed by atoms with Crippen molar-refractivity contribution in [2.24, 2.45) is 11.8 Å². The second-order valence-electron chi connectivity index (χ2n) is 6.10. The number of aliphatic hydroxyl groups excluding tert-OH is 1. The summed E-state index contributed by atoms with van der Waals surface area (Å²) >= 11 is 0. The Morgan fingerprint density at radius 1 is 1.26 bits per heavy atom. The molecule has 1 rings (SSSR count). The fraction of sp³-hybridized carbons (Fsp3) is 0.933. The SMILES string of the molecule is CC(C)COCC(O)CNC(=O)CC1CCCCC1. The first-order valence-electron chi connectivity index (χ1n) is 7.60. The van der Waals surface area contributed by atoms with Crippen LogP contribution >= 0.6 is 0 Å². The smallest absolute Gasteiger partial charge is 0.220 e. The van der Waals surface area contributed by atoms with Crippen LogP contribution in [0.2, 0.25) is 0 Å². The second-order valence-corrected chi connectivity index (χ2v) is 6.10. The Hall–Kier alpha value is -0.610. The predicted octanol–water partition coefficient (Wildman–Crippen LogP) is 2.11. The van der Waals surface area contributed by atoms with Crippen molar-refractivity contribution in [3.8, 4) is 0 Å². The maximum absolute atomic E-state index is 11.7. The monoisotopic (exact) mass is 271 g/mol. The average Bonchev–Trinajstić information content (AvgIpc) is 2.37. The van der Waals surface area contributed by atoms with Gasteiger partial charge in [0.15, 0.2) is 0 Å². The molecule has 1 aliphatic carbocycles. The second kappa shape index (κ2) is 9.32. The number of aliphatic hydroxyl groups is 1. The summed E-state index contributed by atoms with van der Waals surface area (Å²) in [7, 11) is 0. The van der Waals surface area contributed by atoms with E-state index in [1.54, 1.807) is 0 Å². The zero-order valence-electron chi connectivity index (χ0n) is 12.4. The molecule has 1 amide bonds. The van der Waals surface area contributed by atoms with Gasteiger partial charge in [-0.15, -0.1) is 0 Å². The van der Waals surface area contributed by atoms with Gasteiger partial charge in [-0.25, -0.2) is 0 Å². The van der Waals surface area contributed by atoms with E-state index in [4.69, 9.17) is 4.74 Å². The summed E-state index contributed by atoms with van der Waals surface area (Å²) in [6.07, 6.45) is 6.17. The number of ether oxygens (including phenoxy) is 1. The Kier molecular flexibility index (Phi) is 8.07. The lowest BCUT2D eigenvalue weighted by Crippen LogP contribution is -2.35. The van der Waals surface area contributed by atoms with Gasteiger partial charge in [0, 0.05) is 19.6 Å². The lowest BCUT2D eigenvalue weighted by atomic mass is 9.87. The Labute approximate surface area is 116 Å². The molecule has 1 atom stereocenters. The fourth-order valence-electron chi connectivity index (χ4n) is 2.46. The number of nitrogens with one attached hydrogen (secondary N) is 1. The maximum atomic E-state index is 11.7. The highest BCUT2D eigenvalue weighted by molar-refractivity contribution is 5.76. The molecule has 1 saturated carbocycles. The number of rotatable bonds is 8. The Balaban J connectivity index is 2.04. The van der Waals surface area contributed by atoms with Gasteiger partial charge in [0.05, 0.1) is 12.7 Å². The molecular weight excluding hydrogens is 242 g/mol. The van der Waals surface area contributed by atoms with Crippen LogP contribution in [0, 0.1) is 11.8 Å². The van der Waals surface area contributed by atoms with Crippen LogP contribution < -0.4 is 5.32 Å². The van der Waals surface area contributed by atoms with Gasteiger partial charge in [0.2, 0.25) is 5.91 Å². The highest BCUT2D eigenvalue weighted by Gasteiger charge is 2.17. The van der Waals surface area contributed by atoms with Crippen LogP contribution in [0.25, 0.3) is 0 Å². The van der Waals surface area contributed by atoms with E-state index in [0.717, 1.165) is 0 Å². The van der Waals surface area contributed by atoms with Crippen molar-refractivity contribution in [2.75, 3.05) is 19.8 Å². The molecule has 0 aliphatic heterocycles. The van der Waals surface area contributed by atoms with E-state index in [1.807, 2.05) is 0 Å². The lowest BCUT2D eigenvalue weighted by Gasteiger charge is -2.21. The standard InChI is InChI=1S/C15H29NO3/c1-12(2)10-19-11-14(17)9-16-15(18)8-13-6-4-3-5-7-13/h12-14,17H,3-11H2,1-2H3,(H,16,18). The number of amides is 1. The van der Waals surface area contributed by atoms with Crippen molar-refractivity contribution in [1.82, 2.24) is 5.32 Å². The highest BCUT2D eigenvalue weighted by atomic mass is 16.5.